The summed E-state index contributed by atoms with van der Waals surface area (Å²) in [6, 6.07) is 10.3. The van der Waals surface area contributed by atoms with Gasteiger partial charge in [-0.05, 0) is 42.0 Å². The van der Waals surface area contributed by atoms with E-state index in [-0.39, 0.29) is 16.8 Å². The summed E-state index contributed by atoms with van der Waals surface area (Å²) in [6.45, 7) is -0.400. The SMILES string of the molecule is CN(CC(=O)NC1CC(c2cccc(F)c2)NN1)S(=O)(=O)c1ccc(F)cc1. The lowest BCUT2D eigenvalue weighted by atomic mass is 10.0. The van der Waals surface area contributed by atoms with E-state index in [1.54, 1.807) is 12.1 Å². The first-order chi connectivity index (χ1) is 13.3. The zero-order valence-corrected chi connectivity index (χ0v) is 15.8. The lowest BCUT2D eigenvalue weighted by molar-refractivity contribution is -0.121. The van der Waals surface area contributed by atoms with Gasteiger partial charge in [-0.1, -0.05) is 12.1 Å². The van der Waals surface area contributed by atoms with Crippen molar-refractivity contribution >= 4 is 15.9 Å². The van der Waals surface area contributed by atoms with Gasteiger partial charge < -0.3 is 5.32 Å². The standard InChI is InChI=1S/C18H20F2N4O3S/c1-24(28(26,27)15-7-5-13(19)6-8-15)11-18(25)21-17-10-16(22-23-17)12-3-2-4-14(20)9-12/h2-9,16-17,22-23H,10-11H2,1H3,(H,21,25). The van der Waals surface area contributed by atoms with E-state index in [4.69, 9.17) is 0 Å². The Balaban J connectivity index is 1.56. The Labute approximate surface area is 161 Å². The molecule has 1 saturated heterocycles. The molecular weight excluding hydrogens is 390 g/mol. The maximum Gasteiger partial charge on any atom is 0.243 e. The second-order valence-corrected chi connectivity index (χ2v) is 8.51. The van der Waals surface area contributed by atoms with Crippen LogP contribution in [-0.4, -0.2) is 38.4 Å². The predicted octanol–water partition coefficient (Wildman–Crippen LogP) is 1.27. The number of benzene rings is 2. The van der Waals surface area contributed by atoms with Gasteiger partial charge in [0.25, 0.3) is 0 Å². The topological polar surface area (TPSA) is 90.5 Å². The van der Waals surface area contributed by atoms with Crippen LogP contribution in [0.1, 0.15) is 18.0 Å². The number of amides is 1. The van der Waals surface area contributed by atoms with Crippen molar-refractivity contribution in [3.63, 3.8) is 0 Å². The van der Waals surface area contributed by atoms with Gasteiger partial charge in [0.05, 0.1) is 17.6 Å². The molecule has 0 saturated carbocycles. The molecule has 2 atom stereocenters. The Hall–Kier alpha value is -2.40. The maximum absolute atomic E-state index is 13.3. The van der Waals surface area contributed by atoms with Crippen LogP contribution in [0.25, 0.3) is 0 Å². The van der Waals surface area contributed by atoms with E-state index in [0.29, 0.717) is 6.42 Å². The molecule has 0 radical (unpaired) electrons. The van der Waals surface area contributed by atoms with E-state index in [9.17, 15) is 22.0 Å². The third-order valence-corrected chi connectivity index (χ3v) is 6.20. The Bertz CT molecular complexity index is 954. The molecule has 1 aliphatic heterocycles. The van der Waals surface area contributed by atoms with E-state index in [0.717, 1.165) is 34.1 Å². The minimum absolute atomic E-state index is 0.101. The second-order valence-electron chi connectivity index (χ2n) is 6.47. The number of carbonyl (C=O) groups is 1. The Morgan fingerprint density at radius 2 is 1.86 bits per heavy atom. The molecule has 0 aliphatic carbocycles. The summed E-state index contributed by atoms with van der Waals surface area (Å²) in [5, 5.41) is 2.68. The monoisotopic (exact) mass is 410 g/mol. The molecule has 3 N–H and O–H groups in total. The fourth-order valence-electron chi connectivity index (χ4n) is 2.91. The minimum Gasteiger partial charge on any atom is -0.338 e. The van der Waals surface area contributed by atoms with Crippen molar-refractivity contribution in [2.24, 2.45) is 0 Å². The average molecular weight is 410 g/mol. The van der Waals surface area contributed by atoms with Crippen molar-refractivity contribution < 1.29 is 22.0 Å². The first-order valence-corrected chi connectivity index (χ1v) is 9.97. The van der Waals surface area contributed by atoms with Crippen LogP contribution >= 0.6 is 0 Å². The Morgan fingerprint density at radius 3 is 2.54 bits per heavy atom. The minimum atomic E-state index is -3.91. The van der Waals surface area contributed by atoms with Crippen molar-refractivity contribution in [3.8, 4) is 0 Å². The fraction of sp³-hybridized carbons (Fsp3) is 0.278. The quantitative estimate of drug-likeness (QED) is 0.667. The summed E-state index contributed by atoms with van der Waals surface area (Å²) in [5.74, 6) is -1.40. The van der Waals surface area contributed by atoms with Crippen molar-refractivity contribution in [2.45, 2.75) is 23.5 Å². The van der Waals surface area contributed by atoms with Crippen molar-refractivity contribution in [3.05, 3.63) is 65.7 Å². The lowest BCUT2D eigenvalue weighted by Crippen LogP contribution is -2.48. The van der Waals surface area contributed by atoms with Gasteiger partial charge in [0.1, 0.15) is 11.6 Å². The zero-order chi connectivity index (χ0) is 20.3. The van der Waals surface area contributed by atoms with Crippen molar-refractivity contribution in [2.75, 3.05) is 13.6 Å². The number of hydrogen-bond donors (Lipinski definition) is 3. The molecule has 7 nitrogen and oxygen atoms in total. The molecule has 1 fully saturated rings. The van der Waals surface area contributed by atoms with Gasteiger partial charge in [-0.15, -0.1) is 0 Å². The van der Waals surface area contributed by atoms with Gasteiger partial charge in [-0.25, -0.2) is 28.1 Å². The summed E-state index contributed by atoms with van der Waals surface area (Å²) in [4.78, 5) is 12.1. The van der Waals surface area contributed by atoms with Crippen molar-refractivity contribution in [1.29, 1.82) is 0 Å². The van der Waals surface area contributed by atoms with E-state index in [2.05, 4.69) is 16.2 Å². The van der Waals surface area contributed by atoms with Crippen LogP contribution in [0.5, 0.6) is 0 Å². The first-order valence-electron chi connectivity index (χ1n) is 8.53. The molecule has 150 valence electrons. The van der Waals surface area contributed by atoms with Crippen LogP contribution in [0.3, 0.4) is 0 Å². The van der Waals surface area contributed by atoms with Gasteiger partial charge in [0, 0.05) is 19.5 Å². The second kappa shape index (κ2) is 8.31. The van der Waals surface area contributed by atoms with Crippen LogP contribution in [-0.2, 0) is 14.8 Å². The predicted molar refractivity (Wildman–Crippen MR) is 98.2 cm³/mol. The molecule has 1 heterocycles. The Kier molecular flexibility index (Phi) is 6.04. The lowest BCUT2D eigenvalue weighted by Gasteiger charge is -2.18. The number of hydrogen-bond acceptors (Lipinski definition) is 5. The molecular formula is C18H20F2N4O3S. The van der Waals surface area contributed by atoms with Gasteiger partial charge in [-0.2, -0.15) is 4.31 Å². The van der Waals surface area contributed by atoms with E-state index >= 15 is 0 Å². The smallest absolute Gasteiger partial charge is 0.243 e. The average Bonchev–Trinajstić information content (AvgIpc) is 3.10. The summed E-state index contributed by atoms with van der Waals surface area (Å²) in [7, 11) is -2.64. The molecule has 2 unspecified atom stereocenters. The number of nitrogens with one attached hydrogen (secondary N) is 3. The Morgan fingerprint density at radius 1 is 1.14 bits per heavy atom. The van der Waals surface area contributed by atoms with E-state index in [1.165, 1.54) is 19.2 Å². The maximum atomic E-state index is 13.3. The molecule has 2 aromatic rings. The van der Waals surface area contributed by atoms with Crippen LogP contribution in [0, 0.1) is 11.6 Å². The highest BCUT2D eigenvalue weighted by Gasteiger charge is 2.28. The van der Waals surface area contributed by atoms with Crippen LogP contribution in [0.4, 0.5) is 8.78 Å². The first kappa shape index (κ1) is 20.3. The summed E-state index contributed by atoms with van der Waals surface area (Å²) in [6.07, 6.45) is 0.0200. The molecule has 2 aromatic carbocycles. The highest BCUT2D eigenvalue weighted by molar-refractivity contribution is 7.89. The molecule has 3 rings (SSSR count). The van der Waals surface area contributed by atoms with Gasteiger partial charge in [0.2, 0.25) is 15.9 Å². The molecule has 0 spiro atoms. The highest BCUT2D eigenvalue weighted by Crippen LogP contribution is 2.22. The summed E-state index contributed by atoms with van der Waals surface area (Å²) in [5.41, 5.74) is 6.60. The van der Waals surface area contributed by atoms with E-state index in [1.807, 2.05) is 0 Å². The number of carbonyl (C=O) groups excluding carboxylic acids is 1. The number of rotatable bonds is 6. The number of likely N-dealkylation sites (N-methyl/N-ethyl adjacent to an activating group) is 1. The molecule has 1 aliphatic rings. The highest BCUT2D eigenvalue weighted by atomic mass is 32.2. The third kappa shape index (κ3) is 4.71. The van der Waals surface area contributed by atoms with Crippen LogP contribution in [0.2, 0.25) is 0 Å². The van der Waals surface area contributed by atoms with Crippen LogP contribution in [0.15, 0.2) is 53.4 Å². The van der Waals surface area contributed by atoms with Gasteiger partial charge in [0.15, 0.2) is 0 Å². The number of nitrogens with zero attached hydrogens (tertiary/aromatic N) is 1. The zero-order valence-electron chi connectivity index (χ0n) is 15.0. The van der Waals surface area contributed by atoms with E-state index < -0.39 is 34.5 Å². The number of halogens is 2. The molecule has 1 amide bonds. The number of sulfonamides is 1. The van der Waals surface area contributed by atoms with Crippen molar-refractivity contribution in [1.82, 2.24) is 20.5 Å². The third-order valence-electron chi connectivity index (χ3n) is 4.38. The molecule has 0 bridgehead atoms. The van der Waals surface area contributed by atoms with Gasteiger partial charge in [-0.3, -0.25) is 4.79 Å². The normalized spacial score (nSPS) is 19.7. The summed E-state index contributed by atoms with van der Waals surface area (Å²) < 4.78 is 52.1. The fourth-order valence-corrected chi connectivity index (χ4v) is 4.03. The summed E-state index contributed by atoms with van der Waals surface area (Å²) >= 11 is 0. The largest absolute Gasteiger partial charge is 0.338 e. The van der Waals surface area contributed by atoms with Crippen LogP contribution < -0.4 is 16.2 Å². The molecule has 0 aromatic heterocycles. The molecule has 28 heavy (non-hydrogen) atoms. The van der Waals surface area contributed by atoms with Gasteiger partial charge >= 0.3 is 0 Å². The number of hydrazine groups is 1. The molecule has 10 heteroatoms.